The first kappa shape index (κ1) is 57.8. The van der Waals surface area contributed by atoms with Crippen LogP contribution in [0.1, 0.15) is 44.5 Å². The summed E-state index contributed by atoms with van der Waals surface area (Å²) in [6, 6.07) is 93.0. The van der Waals surface area contributed by atoms with E-state index in [0.29, 0.717) is 26.9 Å². The molecule has 0 amide bonds. The van der Waals surface area contributed by atoms with E-state index in [2.05, 4.69) is 287 Å². The molecule has 0 aromatic heterocycles. The number of anilines is 4. The van der Waals surface area contributed by atoms with Crippen molar-refractivity contribution < 1.29 is 18.9 Å². The molecule has 12 aliphatic rings. The molecule has 8 aliphatic carbocycles. The first-order valence-corrected chi connectivity index (χ1v) is 38.7. The summed E-state index contributed by atoms with van der Waals surface area (Å²) in [6.07, 6.45) is 20.6. The number of rotatable bonds is 8. The fourth-order valence-electron chi connectivity index (χ4n) is 19.7. The standard InChI is InChI=1S/C96H64N4O4Si/c1-5-13-81-57(9-1)33-61-37-65-41-69-49-101-53-97(93(69)89(65)45-85(61)81)73-17-25-77(26-18-73)105(78-27-19-74(20-28-78)98-54-102-50-70-42-66-38-62-34-58-10-2-6-14-82(58)86(62)46-90(66)94(70)98,79-29-21-75(22-30-79)99-55-103-51-71-43-67-39-63-35-59-11-3-7-15-83(59)87(63)47-91(67)95(71)99)80-31-23-76(24-32-80)100-56-104-52-72-44-68-40-64-36-60-12-4-8-16-84(60)88(64)48-92(68)96(72)100/h1-40,45-52H,41-44,53-56H2. The lowest BCUT2D eigenvalue weighted by atomic mass is 10.0. The molecule has 0 saturated heterocycles. The predicted octanol–water partition coefficient (Wildman–Crippen LogP) is 10.5. The van der Waals surface area contributed by atoms with Crippen LogP contribution in [0.15, 0.2) is 290 Å². The van der Waals surface area contributed by atoms with Crippen molar-refractivity contribution in [3.05, 3.63) is 376 Å². The summed E-state index contributed by atoms with van der Waals surface area (Å²) < 4.78 is 25.8. The van der Waals surface area contributed by atoms with Crippen molar-refractivity contribution in [2.75, 3.05) is 46.5 Å². The monoisotopic (exact) mass is 1360 g/mol. The summed E-state index contributed by atoms with van der Waals surface area (Å²) in [7, 11) is -3.39. The van der Waals surface area contributed by atoms with Gasteiger partial charge < -0.3 is 38.5 Å². The first-order valence-electron chi connectivity index (χ1n) is 36.7. The molecule has 4 aliphatic heterocycles. The van der Waals surface area contributed by atoms with Crippen molar-refractivity contribution in [2.45, 2.75) is 25.7 Å². The van der Waals surface area contributed by atoms with Gasteiger partial charge in [0.25, 0.3) is 0 Å². The molecule has 496 valence electrons. The second kappa shape index (κ2) is 21.6. The van der Waals surface area contributed by atoms with Crippen LogP contribution in [0.3, 0.4) is 0 Å². The van der Waals surface area contributed by atoms with Crippen LogP contribution in [-0.2, 0) is 44.6 Å². The van der Waals surface area contributed by atoms with Gasteiger partial charge in [0, 0.05) is 91.6 Å². The molecule has 9 heteroatoms. The Kier molecular flexibility index (Phi) is 11.9. The largest absolute Gasteiger partial charge is 0.480 e. The Morgan fingerprint density at radius 3 is 0.705 bits per heavy atom. The second-order valence-electron chi connectivity index (χ2n) is 29.8. The summed E-state index contributed by atoms with van der Waals surface area (Å²) >= 11 is 0. The summed E-state index contributed by atoms with van der Waals surface area (Å²) in [5, 5.41) is 15.3. The third-order valence-electron chi connectivity index (χ3n) is 24.4. The first-order chi connectivity index (χ1) is 51.9. The molecule has 105 heavy (non-hydrogen) atoms. The van der Waals surface area contributed by atoms with E-state index in [1.807, 2.05) is 25.0 Å². The van der Waals surface area contributed by atoms with E-state index in [1.165, 1.54) is 197 Å². The molecule has 8 nitrogen and oxygen atoms in total. The number of hydrogen-bond acceptors (Lipinski definition) is 8. The van der Waals surface area contributed by atoms with Crippen LogP contribution < -0.4 is 82.1 Å². The number of nitrogens with zero attached hydrogens (tertiary/aromatic N) is 4. The molecule has 0 atom stereocenters. The van der Waals surface area contributed by atoms with Crippen LogP contribution in [0.25, 0.3) is 91.6 Å². The van der Waals surface area contributed by atoms with Gasteiger partial charge in [0.1, 0.15) is 0 Å². The third-order valence-corrected chi connectivity index (χ3v) is 29.2. The van der Waals surface area contributed by atoms with Crippen LogP contribution in [0.2, 0.25) is 0 Å². The van der Waals surface area contributed by atoms with Crippen molar-refractivity contribution in [2.24, 2.45) is 0 Å². The van der Waals surface area contributed by atoms with Gasteiger partial charge in [-0.25, -0.2) is 0 Å². The second-order valence-corrected chi connectivity index (χ2v) is 33.6. The van der Waals surface area contributed by atoms with E-state index in [9.17, 15) is 0 Å². The zero-order valence-corrected chi connectivity index (χ0v) is 58.3. The highest BCUT2D eigenvalue weighted by molar-refractivity contribution is 7.20. The van der Waals surface area contributed by atoms with E-state index < -0.39 is 8.07 Å². The van der Waals surface area contributed by atoms with Crippen molar-refractivity contribution >= 4 is 98.7 Å². The predicted molar refractivity (Wildman–Crippen MR) is 423 cm³/mol. The molecule has 0 unspecified atom stereocenters. The molecule has 0 spiro atoms. The number of ether oxygens (including phenoxy) is 4. The molecule has 0 N–H and O–H groups in total. The number of benzene rings is 12. The van der Waals surface area contributed by atoms with Gasteiger partial charge in [0.05, 0.1) is 47.8 Å². The van der Waals surface area contributed by atoms with Gasteiger partial charge in [-0.05, 0) is 228 Å². The van der Waals surface area contributed by atoms with Crippen LogP contribution in [-0.4, -0.2) is 35.0 Å². The average Bonchev–Trinajstić information content (AvgIpc) is 1.61. The fraction of sp³-hybridized carbons (Fsp3) is 0.0833. The van der Waals surface area contributed by atoms with E-state index in [1.54, 1.807) is 0 Å². The Labute approximate surface area is 606 Å². The Hall–Kier alpha value is -12.8. The minimum atomic E-state index is -3.39. The van der Waals surface area contributed by atoms with Crippen LogP contribution in [0.5, 0.6) is 0 Å². The minimum Gasteiger partial charge on any atom is -0.480 e. The van der Waals surface area contributed by atoms with Crippen molar-refractivity contribution in [3.8, 4) is 44.5 Å². The SMILES string of the molecule is C1=C2Cc3cc4c(cc3=C2N(c2ccc([Si](c3ccc(N5COC=C6Cc7cc8c(cc7=C65)-c5ccccc5C=8)cc3)(c3ccc(N5COC=C6Cc7cc8c(cc7=C65)-c5ccccc5C=8)cc3)c3ccc(N5COC=C6Cc7cc8c(cc7=C65)-c5ccccc5C=8)cc3)cc2)CO1)-c1ccccc1C=4. The number of fused-ring (bicyclic) bond motifs is 20. The topological polar surface area (TPSA) is 49.9 Å². The molecule has 0 saturated carbocycles. The van der Waals surface area contributed by atoms with Crippen LogP contribution in [0.4, 0.5) is 22.7 Å². The molecule has 0 radical (unpaired) electrons. The van der Waals surface area contributed by atoms with Crippen LogP contribution in [0, 0.1) is 0 Å². The maximum absolute atomic E-state index is 6.45. The third kappa shape index (κ3) is 8.32. The number of hydrogen-bond donors (Lipinski definition) is 0. The Morgan fingerprint density at radius 1 is 0.238 bits per heavy atom. The molecule has 0 bridgehead atoms. The summed E-state index contributed by atoms with van der Waals surface area (Å²) in [4.78, 5) is 9.60. The Bertz CT molecular complexity index is 5910. The molecular formula is C96H64N4O4Si. The average molecular weight is 1370 g/mol. The Balaban J connectivity index is 0.689. The smallest absolute Gasteiger partial charge is 0.179 e. The highest BCUT2D eigenvalue weighted by atomic mass is 28.3. The zero-order chi connectivity index (χ0) is 68.3. The summed E-state index contributed by atoms with van der Waals surface area (Å²) in [5.74, 6) is 0. The molecule has 0 fully saturated rings. The van der Waals surface area contributed by atoms with Crippen molar-refractivity contribution in [3.63, 3.8) is 0 Å². The molecule has 12 aromatic carbocycles. The zero-order valence-electron chi connectivity index (χ0n) is 57.3. The van der Waals surface area contributed by atoms with Gasteiger partial charge in [-0.3, -0.25) is 0 Å². The van der Waals surface area contributed by atoms with Crippen LogP contribution >= 0.6 is 0 Å². The van der Waals surface area contributed by atoms with Gasteiger partial charge in [-0.15, -0.1) is 0 Å². The maximum Gasteiger partial charge on any atom is 0.179 e. The fourth-order valence-corrected chi connectivity index (χ4v) is 24.3. The van der Waals surface area contributed by atoms with Gasteiger partial charge in [-0.1, -0.05) is 170 Å². The lowest BCUT2D eigenvalue weighted by Crippen LogP contribution is -2.74. The molecule has 24 rings (SSSR count). The van der Waals surface area contributed by atoms with E-state index >= 15 is 0 Å². The molecule has 12 aromatic rings. The van der Waals surface area contributed by atoms with Gasteiger partial charge >= 0.3 is 0 Å². The van der Waals surface area contributed by atoms with E-state index in [4.69, 9.17) is 18.9 Å². The van der Waals surface area contributed by atoms with Gasteiger partial charge in [-0.2, -0.15) is 0 Å². The van der Waals surface area contributed by atoms with Gasteiger partial charge in [0.15, 0.2) is 35.0 Å². The minimum absolute atomic E-state index is 0.406. The molecule has 4 heterocycles. The highest BCUT2D eigenvalue weighted by Gasteiger charge is 2.44. The van der Waals surface area contributed by atoms with E-state index in [-0.39, 0.29) is 0 Å². The highest BCUT2D eigenvalue weighted by Crippen LogP contribution is 2.41. The lowest BCUT2D eigenvalue weighted by Gasteiger charge is -2.37. The van der Waals surface area contributed by atoms with Gasteiger partial charge in [0.2, 0.25) is 0 Å². The normalized spacial score (nSPS) is 16.8. The summed E-state index contributed by atoms with van der Waals surface area (Å²) in [5.41, 5.74) is 34.8. The molecular weight excluding hydrogens is 1300 g/mol. The quantitative estimate of drug-likeness (QED) is 0.110. The summed E-state index contributed by atoms with van der Waals surface area (Å²) in [6.45, 7) is 1.62. The van der Waals surface area contributed by atoms with E-state index in [0.717, 1.165) is 48.4 Å². The Morgan fingerprint density at radius 2 is 0.467 bits per heavy atom. The maximum atomic E-state index is 6.45. The lowest BCUT2D eigenvalue weighted by molar-refractivity contribution is 0.248. The van der Waals surface area contributed by atoms with Crippen molar-refractivity contribution in [1.29, 1.82) is 0 Å². The van der Waals surface area contributed by atoms with Crippen molar-refractivity contribution in [1.82, 2.24) is 0 Å².